The summed E-state index contributed by atoms with van der Waals surface area (Å²) in [6.07, 6.45) is 0. The highest BCUT2D eigenvalue weighted by Gasteiger charge is 2.25. The van der Waals surface area contributed by atoms with Crippen LogP contribution in [0.1, 0.15) is 28.8 Å². The van der Waals surface area contributed by atoms with E-state index in [9.17, 15) is 14.4 Å². The summed E-state index contributed by atoms with van der Waals surface area (Å²) >= 11 is 6.13. The smallest absolute Gasteiger partial charge is 0.358 e. The molecule has 0 bridgehead atoms. The van der Waals surface area contributed by atoms with E-state index < -0.39 is 18.0 Å². The van der Waals surface area contributed by atoms with Crippen molar-refractivity contribution in [2.24, 2.45) is 0 Å². The molecule has 3 heterocycles. The van der Waals surface area contributed by atoms with Crippen molar-refractivity contribution in [3.8, 4) is 5.82 Å². The molecule has 3 rings (SSSR count). The number of carbonyl (C=O) groups excluding carboxylic acids is 3. The molecule has 0 aliphatic carbocycles. The molecule has 158 valence electrons. The quantitative estimate of drug-likeness (QED) is 0.665. The first kappa shape index (κ1) is 21.3. The molecule has 0 atom stereocenters. The summed E-state index contributed by atoms with van der Waals surface area (Å²) in [7, 11) is 0. The number of esters is 2. The van der Waals surface area contributed by atoms with Gasteiger partial charge in [0.1, 0.15) is 6.61 Å². The SMILES string of the molecule is CCOC(=O)C1=C(COC(=O)c2nc(-n3nc(C)cc3C)ccc2Cl)NC(=O)NC1. The lowest BCUT2D eigenvalue weighted by Gasteiger charge is -2.21. The summed E-state index contributed by atoms with van der Waals surface area (Å²) < 4.78 is 11.8. The summed E-state index contributed by atoms with van der Waals surface area (Å²) in [6, 6.07) is 4.51. The standard InChI is InChI=1S/C19H20ClN5O5/c1-4-29-17(26)12-8-21-19(28)22-14(12)9-30-18(27)16-13(20)5-6-15(23-16)25-11(3)7-10(2)24-25/h5-7H,4,8-9H2,1-3H3,(H2,21,22,28). The minimum absolute atomic E-state index is 0.0377. The van der Waals surface area contributed by atoms with Crippen LogP contribution in [0.2, 0.25) is 5.02 Å². The molecule has 1 aliphatic heterocycles. The van der Waals surface area contributed by atoms with Gasteiger partial charge in [0.2, 0.25) is 0 Å². The van der Waals surface area contributed by atoms with Crippen molar-refractivity contribution in [2.45, 2.75) is 20.8 Å². The van der Waals surface area contributed by atoms with Crippen LogP contribution in [0.4, 0.5) is 4.79 Å². The predicted molar refractivity (Wildman–Crippen MR) is 106 cm³/mol. The first-order valence-electron chi connectivity index (χ1n) is 9.11. The van der Waals surface area contributed by atoms with Crippen molar-refractivity contribution < 1.29 is 23.9 Å². The largest absolute Gasteiger partial charge is 0.463 e. The van der Waals surface area contributed by atoms with E-state index in [0.29, 0.717) is 5.82 Å². The van der Waals surface area contributed by atoms with Crippen molar-refractivity contribution >= 4 is 29.6 Å². The van der Waals surface area contributed by atoms with Gasteiger partial charge >= 0.3 is 18.0 Å². The zero-order chi connectivity index (χ0) is 21.8. The van der Waals surface area contributed by atoms with E-state index in [2.05, 4.69) is 20.7 Å². The number of aromatic nitrogens is 3. The number of rotatable bonds is 6. The second kappa shape index (κ2) is 8.95. The Kier molecular flexibility index (Phi) is 6.36. The third-order valence-electron chi connectivity index (χ3n) is 4.18. The van der Waals surface area contributed by atoms with Crippen molar-refractivity contribution in [3.05, 3.63) is 51.6 Å². The van der Waals surface area contributed by atoms with Crippen LogP contribution in [0, 0.1) is 13.8 Å². The van der Waals surface area contributed by atoms with Crippen LogP contribution >= 0.6 is 11.6 Å². The Balaban J connectivity index is 1.81. The maximum absolute atomic E-state index is 12.6. The number of pyridine rings is 1. The number of carbonyl (C=O) groups is 3. The van der Waals surface area contributed by atoms with Crippen LogP contribution in [0.3, 0.4) is 0 Å². The monoisotopic (exact) mass is 433 g/mol. The van der Waals surface area contributed by atoms with Gasteiger partial charge in [-0.05, 0) is 39.0 Å². The molecule has 11 heteroatoms. The van der Waals surface area contributed by atoms with Gasteiger partial charge in [-0.15, -0.1) is 0 Å². The van der Waals surface area contributed by atoms with Gasteiger partial charge in [0, 0.05) is 5.69 Å². The highest BCUT2D eigenvalue weighted by Crippen LogP contribution is 2.19. The normalized spacial score (nSPS) is 13.5. The van der Waals surface area contributed by atoms with Gasteiger partial charge in [0.15, 0.2) is 11.5 Å². The van der Waals surface area contributed by atoms with E-state index in [1.807, 2.05) is 19.9 Å². The lowest BCUT2D eigenvalue weighted by molar-refractivity contribution is -0.138. The Morgan fingerprint density at radius 1 is 1.23 bits per heavy atom. The number of nitrogens with zero attached hydrogens (tertiary/aromatic N) is 3. The number of urea groups is 1. The van der Waals surface area contributed by atoms with E-state index in [4.69, 9.17) is 21.1 Å². The lowest BCUT2D eigenvalue weighted by atomic mass is 10.2. The summed E-state index contributed by atoms with van der Waals surface area (Å²) in [5.41, 5.74) is 1.83. The number of nitrogens with one attached hydrogen (secondary N) is 2. The Morgan fingerprint density at radius 2 is 2.00 bits per heavy atom. The predicted octanol–water partition coefficient (Wildman–Crippen LogP) is 1.82. The van der Waals surface area contributed by atoms with E-state index in [-0.39, 0.29) is 41.7 Å². The van der Waals surface area contributed by atoms with Crippen molar-refractivity contribution in [3.63, 3.8) is 0 Å². The molecule has 30 heavy (non-hydrogen) atoms. The average molecular weight is 434 g/mol. The van der Waals surface area contributed by atoms with E-state index in [1.165, 1.54) is 6.07 Å². The number of hydrogen-bond acceptors (Lipinski definition) is 7. The highest BCUT2D eigenvalue weighted by molar-refractivity contribution is 6.33. The summed E-state index contributed by atoms with van der Waals surface area (Å²) in [4.78, 5) is 40.5. The van der Waals surface area contributed by atoms with Gasteiger partial charge in [-0.25, -0.2) is 24.0 Å². The maximum atomic E-state index is 12.6. The Morgan fingerprint density at radius 3 is 2.67 bits per heavy atom. The van der Waals surface area contributed by atoms with Crippen LogP contribution in [-0.4, -0.2) is 52.5 Å². The van der Waals surface area contributed by atoms with Gasteiger partial charge in [0.05, 0.1) is 35.1 Å². The van der Waals surface area contributed by atoms with Crippen molar-refractivity contribution in [1.82, 2.24) is 25.4 Å². The number of ether oxygens (including phenoxy) is 2. The number of amides is 2. The molecule has 2 aromatic heterocycles. The summed E-state index contributed by atoms with van der Waals surface area (Å²) in [6.45, 7) is 5.14. The van der Waals surface area contributed by atoms with Crippen LogP contribution in [0.25, 0.3) is 5.82 Å². The minimum Gasteiger partial charge on any atom is -0.463 e. The third kappa shape index (κ3) is 4.60. The third-order valence-corrected chi connectivity index (χ3v) is 4.48. The zero-order valence-electron chi connectivity index (χ0n) is 16.6. The molecule has 0 spiro atoms. The fourth-order valence-corrected chi connectivity index (χ4v) is 3.01. The lowest BCUT2D eigenvalue weighted by Crippen LogP contribution is -2.45. The molecule has 2 aromatic rings. The minimum atomic E-state index is -0.813. The van der Waals surface area contributed by atoms with Gasteiger partial charge in [-0.1, -0.05) is 11.6 Å². The van der Waals surface area contributed by atoms with E-state index in [1.54, 1.807) is 17.7 Å². The first-order chi connectivity index (χ1) is 14.3. The topological polar surface area (TPSA) is 124 Å². The van der Waals surface area contributed by atoms with Crippen molar-refractivity contribution in [1.29, 1.82) is 0 Å². The van der Waals surface area contributed by atoms with Gasteiger partial charge in [0.25, 0.3) is 0 Å². The molecule has 0 saturated carbocycles. The molecule has 2 N–H and O–H groups in total. The molecule has 0 fully saturated rings. The van der Waals surface area contributed by atoms with Crippen molar-refractivity contribution in [2.75, 3.05) is 19.8 Å². The number of halogens is 1. The fourth-order valence-electron chi connectivity index (χ4n) is 2.83. The Hall–Kier alpha value is -3.40. The molecule has 0 unspecified atom stereocenters. The highest BCUT2D eigenvalue weighted by atomic mass is 35.5. The Labute approximate surface area is 177 Å². The summed E-state index contributed by atoms with van der Waals surface area (Å²) in [5, 5.41) is 9.36. The van der Waals surface area contributed by atoms with E-state index in [0.717, 1.165) is 11.4 Å². The van der Waals surface area contributed by atoms with Crippen LogP contribution < -0.4 is 10.6 Å². The zero-order valence-corrected chi connectivity index (χ0v) is 17.4. The van der Waals surface area contributed by atoms with Gasteiger partial charge < -0.3 is 20.1 Å². The fraction of sp³-hybridized carbons (Fsp3) is 0.316. The second-order valence-corrected chi connectivity index (χ2v) is 6.81. The second-order valence-electron chi connectivity index (χ2n) is 6.40. The maximum Gasteiger partial charge on any atom is 0.358 e. The Bertz CT molecular complexity index is 1050. The van der Waals surface area contributed by atoms with Crippen LogP contribution in [-0.2, 0) is 14.3 Å². The van der Waals surface area contributed by atoms with Crippen LogP contribution in [0.5, 0.6) is 0 Å². The molecule has 0 saturated heterocycles. The molecule has 1 aliphatic rings. The molecule has 2 amide bonds. The summed E-state index contributed by atoms with van der Waals surface area (Å²) in [5.74, 6) is -1.02. The van der Waals surface area contributed by atoms with Crippen LogP contribution in [0.15, 0.2) is 29.5 Å². The van der Waals surface area contributed by atoms with E-state index >= 15 is 0 Å². The molecular formula is C19H20ClN5O5. The average Bonchev–Trinajstić information content (AvgIpc) is 3.04. The molecule has 0 aromatic carbocycles. The molecular weight excluding hydrogens is 414 g/mol. The van der Waals surface area contributed by atoms with Gasteiger partial charge in [-0.2, -0.15) is 5.10 Å². The van der Waals surface area contributed by atoms with Gasteiger partial charge in [-0.3, -0.25) is 0 Å². The number of hydrogen-bond donors (Lipinski definition) is 2. The number of aryl methyl sites for hydroxylation is 2. The first-order valence-corrected chi connectivity index (χ1v) is 9.49. The molecule has 0 radical (unpaired) electrons. The molecule has 10 nitrogen and oxygen atoms in total.